The lowest BCUT2D eigenvalue weighted by atomic mass is 10.1. The molecule has 0 spiro atoms. The van der Waals surface area contributed by atoms with Crippen molar-refractivity contribution in [3.63, 3.8) is 0 Å². The van der Waals surface area contributed by atoms with Gasteiger partial charge in [-0.2, -0.15) is 0 Å². The molecule has 0 saturated carbocycles. The molecule has 2 aliphatic rings. The summed E-state index contributed by atoms with van der Waals surface area (Å²) in [5.41, 5.74) is 1.26. The minimum atomic E-state index is -0.285. The third kappa shape index (κ3) is 3.54. The predicted molar refractivity (Wildman–Crippen MR) is 84.6 cm³/mol. The maximum atomic E-state index is 13.2. The minimum absolute atomic E-state index is 0.285. The van der Waals surface area contributed by atoms with Crippen LogP contribution in [0, 0.1) is 11.7 Å². The number of hydrogen-bond acceptors (Lipinski definition) is 5. The summed E-state index contributed by atoms with van der Waals surface area (Å²) in [7, 11) is 0. The van der Waals surface area contributed by atoms with Crippen molar-refractivity contribution in [3.05, 3.63) is 29.9 Å². The van der Waals surface area contributed by atoms with E-state index in [1.165, 1.54) is 18.6 Å². The second kappa shape index (κ2) is 6.55. The Hall–Kier alpha value is -1.50. The average Bonchev–Trinajstić information content (AvgIpc) is 3.14. The number of rotatable bonds is 4. The molecule has 4 rings (SSSR count). The van der Waals surface area contributed by atoms with Crippen LogP contribution >= 0.6 is 0 Å². The summed E-state index contributed by atoms with van der Waals surface area (Å²) in [6, 6.07) is 4.49. The zero-order chi connectivity index (χ0) is 15.6. The van der Waals surface area contributed by atoms with Crippen molar-refractivity contribution in [3.8, 4) is 0 Å². The van der Waals surface area contributed by atoms with E-state index in [4.69, 9.17) is 9.15 Å². The molecule has 2 fully saturated rings. The van der Waals surface area contributed by atoms with Crippen LogP contribution in [0.4, 0.5) is 4.39 Å². The fraction of sp³-hybridized carbons (Fsp3) is 0.588. The highest BCUT2D eigenvalue weighted by Gasteiger charge is 2.26. The normalized spacial score (nSPS) is 23.8. The van der Waals surface area contributed by atoms with E-state index in [2.05, 4.69) is 14.8 Å². The molecule has 0 N–H and O–H groups in total. The summed E-state index contributed by atoms with van der Waals surface area (Å²) < 4.78 is 24.3. The van der Waals surface area contributed by atoms with E-state index in [-0.39, 0.29) is 5.82 Å². The third-order valence-electron chi connectivity index (χ3n) is 4.74. The van der Waals surface area contributed by atoms with Gasteiger partial charge < -0.3 is 9.15 Å². The van der Waals surface area contributed by atoms with Gasteiger partial charge in [0.2, 0.25) is 5.89 Å². The minimum Gasteiger partial charge on any atom is -0.439 e. The average molecular weight is 319 g/mol. The van der Waals surface area contributed by atoms with Gasteiger partial charge in [0, 0.05) is 32.2 Å². The van der Waals surface area contributed by atoms with Crippen molar-refractivity contribution in [2.24, 2.45) is 5.92 Å². The number of hydrogen-bond donors (Lipinski definition) is 0. The number of oxazole rings is 1. The van der Waals surface area contributed by atoms with Gasteiger partial charge in [0.05, 0.1) is 19.8 Å². The van der Waals surface area contributed by atoms with Crippen molar-refractivity contribution in [2.75, 3.05) is 45.9 Å². The molecule has 1 atom stereocenters. The fourth-order valence-corrected chi connectivity index (χ4v) is 3.56. The van der Waals surface area contributed by atoms with E-state index < -0.39 is 0 Å². The van der Waals surface area contributed by atoms with Gasteiger partial charge in [-0.15, -0.1) is 0 Å². The number of ether oxygens (including phenoxy) is 1. The monoisotopic (exact) mass is 319 g/mol. The molecule has 1 unspecified atom stereocenters. The van der Waals surface area contributed by atoms with Crippen molar-refractivity contribution >= 4 is 11.1 Å². The molecule has 2 saturated heterocycles. The number of halogens is 1. The molecule has 23 heavy (non-hydrogen) atoms. The zero-order valence-corrected chi connectivity index (χ0v) is 13.2. The lowest BCUT2D eigenvalue weighted by Crippen LogP contribution is -2.39. The summed E-state index contributed by atoms with van der Waals surface area (Å²) >= 11 is 0. The Morgan fingerprint density at radius 3 is 2.91 bits per heavy atom. The van der Waals surface area contributed by atoms with Crippen LogP contribution in [0.2, 0.25) is 0 Å². The van der Waals surface area contributed by atoms with E-state index in [9.17, 15) is 4.39 Å². The number of benzene rings is 1. The Kier molecular flexibility index (Phi) is 4.29. The highest BCUT2D eigenvalue weighted by Crippen LogP contribution is 2.22. The van der Waals surface area contributed by atoms with Crippen molar-refractivity contribution in [1.82, 2.24) is 14.8 Å². The molecular weight excluding hydrogens is 297 g/mol. The Morgan fingerprint density at radius 2 is 2.04 bits per heavy atom. The summed E-state index contributed by atoms with van der Waals surface area (Å²) in [5, 5.41) is 0. The molecule has 0 aliphatic carbocycles. The van der Waals surface area contributed by atoms with Gasteiger partial charge >= 0.3 is 0 Å². The fourth-order valence-electron chi connectivity index (χ4n) is 3.56. The summed E-state index contributed by atoms with van der Waals surface area (Å²) in [4.78, 5) is 9.34. The number of fused-ring (bicyclic) bond motifs is 1. The van der Waals surface area contributed by atoms with Crippen LogP contribution in [-0.4, -0.2) is 60.7 Å². The lowest BCUT2D eigenvalue weighted by Gasteiger charge is -2.29. The van der Waals surface area contributed by atoms with Gasteiger partial charge in [-0.25, -0.2) is 9.37 Å². The molecule has 0 radical (unpaired) electrons. The van der Waals surface area contributed by atoms with Crippen LogP contribution < -0.4 is 0 Å². The first-order valence-corrected chi connectivity index (χ1v) is 8.34. The van der Waals surface area contributed by atoms with Crippen LogP contribution in [0.25, 0.3) is 11.1 Å². The van der Waals surface area contributed by atoms with Crippen molar-refractivity contribution in [2.45, 2.75) is 13.0 Å². The predicted octanol–water partition coefficient (Wildman–Crippen LogP) is 2.12. The van der Waals surface area contributed by atoms with E-state index in [1.807, 2.05) is 0 Å². The second-order valence-corrected chi connectivity index (χ2v) is 6.52. The first-order chi connectivity index (χ1) is 11.3. The maximum absolute atomic E-state index is 13.2. The highest BCUT2D eigenvalue weighted by molar-refractivity contribution is 5.72. The highest BCUT2D eigenvalue weighted by atomic mass is 19.1. The van der Waals surface area contributed by atoms with Gasteiger partial charge in [0.15, 0.2) is 5.58 Å². The van der Waals surface area contributed by atoms with Gasteiger partial charge in [0.25, 0.3) is 0 Å². The molecule has 1 aromatic carbocycles. The molecular formula is C17H22FN3O2. The molecule has 6 heteroatoms. The van der Waals surface area contributed by atoms with Crippen LogP contribution in [0.5, 0.6) is 0 Å². The molecule has 0 amide bonds. The third-order valence-corrected chi connectivity index (χ3v) is 4.74. The van der Waals surface area contributed by atoms with E-state index >= 15 is 0 Å². The topological polar surface area (TPSA) is 41.7 Å². The van der Waals surface area contributed by atoms with E-state index in [0.717, 1.165) is 51.5 Å². The van der Waals surface area contributed by atoms with Crippen molar-refractivity contribution < 1.29 is 13.5 Å². The smallest absolute Gasteiger partial charge is 0.209 e. The van der Waals surface area contributed by atoms with Crippen LogP contribution in [-0.2, 0) is 11.3 Å². The SMILES string of the molecule is Fc1ccc2nc(CN3CCC(CN4CCOCC4)C3)oc2c1. The van der Waals surface area contributed by atoms with Gasteiger partial charge in [-0.3, -0.25) is 9.80 Å². The van der Waals surface area contributed by atoms with Crippen LogP contribution in [0.15, 0.2) is 22.6 Å². The maximum Gasteiger partial charge on any atom is 0.209 e. The number of aromatic nitrogens is 1. The molecule has 1 aromatic heterocycles. The molecule has 2 aromatic rings. The van der Waals surface area contributed by atoms with Crippen molar-refractivity contribution in [1.29, 1.82) is 0 Å². The largest absolute Gasteiger partial charge is 0.439 e. The Labute approximate surface area is 135 Å². The van der Waals surface area contributed by atoms with Crippen LogP contribution in [0.1, 0.15) is 12.3 Å². The number of nitrogens with zero attached hydrogens (tertiary/aromatic N) is 3. The zero-order valence-electron chi connectivity index (χ0n) is 13.2. The molecule has 5 nitrogen and oxygen atoms in total. The molecule has 0 bridgehead atoms. The Balaban J connectivity index is 1.34. The first-order valence-electron chi connectivity index (χ1n) is 8.34. The summed E-state index contributed by atoms with van der Waals surface area (Å²) in [5.74, 6) is 1.10. The molecule has 3 heterocycles. The summed E-state index contributed by atoms with van der Waals surface area (Å²) in [6.45, 7) is 7.81. The van der Waals surface area contributed by atoms with E-state index in [0.29, 0.717) is 23.9 Å². The van der Waals surface area contributed by atoms with Gasteiger partial charge in [-0.1, -0.05) is 0 Å². The van der Waals surface area contributed by atoms with Gasteiger partial charge in [-0.05, 0) is 31.0 Å². The summed E-state index contributed by atoms with van der Waals surface area (Å²) in [6.07, 6.45) is 1.21. The molecule has 2 aliphatic heterocycles. The standard InChI is InChI=1S/C17H22FN3O2/c18-14-1-2-15-16(9-14)23-17(19-15)12-21-4-3-13(11-21)10-20-5-7-22-8-6-20/h1-2,9,13H,3-8,10-12H2. The lowest BCUT2D eigenvalue weighted by molar-refractivity contribution is 0.0311. The quantitative estimate of drug-likeness (QED) is 0.863. The van der Waals surface area contributed by atoms with Crippen LogP contribution in [0.3, 0.4) is 0 Å². The second-order valence-electron chi connectivity index (χ2n) is 6.52. The number of morpholine rings is 1. The molecule has 124 valence electrons. The first kappa shape index (κ1) is 15.1. The van der Waals surface area contributed by atoms with Gasteiger partial charge in [0.1, 0.15) is 11.3 Å². The Morgan fingerprint density at radius 1 is 1.17 bits per heavy atom. The Bertz CT molecular complexity index is 669. The number of likely N-dealkylation sites (tertiary alicyclic amines) is 1. The van der Waals surface area contributed by atoms with E-state index in [1.54, 1.807) is 6.07 Å².